The van der Waals surface area contributed by atoms with Gasteiger partial charge in [0.15, 0.2) is 0 Å². The van der Waals surface area contributed by atoms with Gasteiger partial charge in [-0.15, -0.1) is 0 Å². The van der Waals surface area contributed by atoms with Crippen LogP contribution in [0, 0.1) is 0 Å². The summed E-state index contributed by atoms with van der Waals surface area (Å²) in [5, 5.41) is 0. The Balaban J connectivity index is 2.01. The van der Waals surface area contributed by atoms with Gasteiger partial charge in [0.25, 0.3) is 0 Å². The number of hydrogen-bond donors (Lipinski definition) is 0. The molecule has 23 heavy (non-hydrogen) atoms. The van der Waals surface area contributed by atoms with Crippen molar-refractivity contribution in [3.05, 3.63) is 52.0 Å². The van der Waals surface area contributed by atoms with E-state index in [2.05, 4.69) is 15.9 Å². The van der Waals surface area contributed by atoms with Crippen molar-refractivity contribution in [1.29, 1.82) is 0 Å². The number of benzene rings is 2. The third-order valence-electron chi connectivity index (χ3n) is 4.27. The lowest BCUT2D eigenvalue weighted by molar-refractivity contribution is -0.119. The second-order valence-electron chi connectivity index (χ2n) is 5.53. The zero-order valence-corrected chi connectivity index (χ0v) is 14.9. The molecule has 0 aliphatic carbocycles. The van der Waals surface area contributed by atoms with Crippen LogP contribution in [0.5, 0.6) is 11.5 Å². The Bertz CT molecular complexity index is 760. The number of likely N-dealkylation sites (N-methyl/N-ethyl adjacent to an activating group) is 1. The zero-order chi connectivity index (χ0) is 16.6. The maximum atomic E-state index is 12.7. The first-order chi connectivity index (χ1) is 11.0. The fourth-order valence-electron chi connectivity index (χ4n) is 3.05. The summed E-state index contributed by atoms with van der Waals surface area (Å²) in [6, 6.07) is 11.6. The van der Waals surface area contributed by atoms with Gasteiger partial charge in [0.2, 0.25) is 5.91 Å². The van der Waals surface area contributed by atoms with Crippen LogP contribution in [-0.2, 0) is 11.2 Å². The maximum Gasteiger partial charge on any atom is 0.234 e. The van der Waals surface area contributed by atoms with Gasteiger partial charge in [0.1, 0.15) is 11.5 Å². The first-order valence-corrected chi connectivity index (χ1v) is 8.12. The van der Waals surface area contributed by atoms with Crippen LogP contribution in [0.4, 0.5) is 5.69 Å². The molecule has 3 rings (SSSR count). The molecule has 120 valence electrons. The first-order valence-electron chi connectivity index (χ1n) is 7.33. The van der Waals surface area contributed by atoms with Crippen molar-refractivity contribution < 1.29 is 14.3 Å². The van der Waals surface area contributed by atoms with E-state index in [4.69, 9.17) is 9.47 Å². The molecule has 1 atom stereocenters. The number of rotatable bonds is 4. The molecule has 4 nitrogen and oxygen atoms in total. The molecule has 0 aromatic heterocycles. The van der Waals surface area contributed by atoms with Crippen LogP contribution in [0.15, 0.2) is 40.9 Å². The molecule has 0 fully saturated rings. The second kappa shape index (κ2) is 6.24. The molecule has 1 heterocycles. The monoisotopic (exact) mass is 375 g/mol. The van der Waals surface area contributed by atoms with Crippen molar-refractivity contribution in [2.24, 2.45) is 0 Å². The lowest BCUT2D eigenvalue weighted by Gasteiger charge is -2.14. The van der Waals surface area contributed by atoms with Crippen LogP contribution in [0.25, 0.3) is 0 Å². The molecule has 0 saturated heterocycles. The van der Waals surface area contributed by atoms with E-state index in [1.54, 1.807) is 19.1 Å². The minimum atomic E-state index is -0.214. The fraction of sp³-hybridized carbons (Fsp3) is 0.278. The third-order valence-corrected chi connectivity index (χ3v) is 4.76. The van der Waals surface area contributed by atoms with Gasteiger partial charge in [-0.2, -0.15) is 0 Å². The van der Waals surface area contributed by atoms with E-state index in [-0.39, 0.29) is 11.8 Å². The third kappa shape index (κ3) is 2.81. The smallest absolute Gasteiger partial charge is 0.234 e. The van der Waals surface area contributed by atoms with E-state index >= 15 is 0 Å². The standard InChI is InChI=1S/C18H18BrNO3/c1-20-16-6-4-12(19)10-14(16)15(18(20)21)9-11-8-13(22-2)5-7-17(11)23-3/h4-8,10,15H,9H2,1-3H3/t15-/m1/s1. The lowest BCUT2D eigenvalue weighted by atomic mass is 9.92. The molecular weight excluding hydrogens is 358 g/mol. The van der Waals surface area contributed by atoms with Crippen LogP contribution in [0.2, 0.25) is 0 Å². The molecule has 1 amide bonds. The molecule has 0 spiro atoms. The van der Waals surface area contributed by atoms with Crippen LogP contribution < -0.4 is 14.4 Å². The number of hydrogen-bond acceptors (Lipinski definition) is 3. The highest BCUT2D eigenvalue weighted by Crippen LogP contribution is 2.41. The topological polar surface area (TPSA) is 38.8 Å². The first kappa shape index (κ1) is 15.9. The van der Waals surface area contributed by atoms with Crippen molar-refractivity contribution >= 4 is 27.5 Å². The summed E-state index contributed by atoms with van der Waals surface area (Å²) in [4.78, 5) is 14.4. The Morgan fingerprint density at radius 2 is 1.91 bits per heavy atom. The molecule has 0 saturated carbocycles. The molecule has 0 unspecified atom stereocenters. The number of carbonyl (C=O) groups excluding carboxylic acids is 1. The van der Waals surface area contributed by atoms with Crippen molar-refractivity contribution in [3.8, 4) is 11.5 Å². The maximum absolute atomic E-state index is 12.7. The summed E-state index contributed by atoms with van der Waals surface area (Å²) in [5.41, 5.74) is 2.97. The van der Waals surface area contributed by atoms with E-state index < -0.39 is 0 Å². The van der Waals surface area contributed by atoms with Crippen LogP contribution in [-0.4, -0.2) is 27.2 Å². The Hall–Kier alpha value is -2.01. The largest absolute Gasteiger partial charge is 0.497 e. The molecular formula is C18H18BrNO3. The number of nitrogens with zero attached hydrogens (tertiary/aromatic N) is 1. The van der Waals surface area contributed by atoms with Gasteiger partial charge in [-0.3, -0.25) is 4.79 Å². The number of carbonyl (C=O) groups is 1. The summed E-state index contributed by atoms with van der Waals surface area (Å²) in [6.45, 7) is 0. The van der Waals surface area contributed by atoms with Crippen molar-refractivity contribution in [3.63, 3.8) is 0 Å². The molecule has 0 bridgehead atoms. The summed E-state index contributed by atoms with van der Waals surface area (Å²) in [6.07, 6.45) is 0.576. The van der Waals surface area contributed by atoms with Crippen molar-refractivity contribution in [2.75, 3.05) is 26.2 Å². The van der Waals surface area contributed by atoms with Crippen LogP contribution >= 0.6 is 15.9 Å². The minimum Gasteiger partial charge on any atom is -0.497 e. The van der Waals surface area contributed by atoms with E-state index in [1.165, 1.54) is 0 Å². The van der Waals surface area contributed by atoms with Gasteiger partial charge in [-0.1, -0.05) is 15.9 Å². The predicted molar refractivity (Wildman–Crippen MR) is 93.5 cm³/mol. The number of fused-ring (bicyclic) bond motifs is 1. The Morgan fingerprint density at radius 1 is 1.13 bits per heavy atom. The molecule has 1 aliphatic rings. The number of halogens is 1. The summed E-state index contributed by atoms with van der Waals surface area (Å²) in [7, 11) is 5.09. The van der Waals surface area contributed by atoms with Crippen molar-refractivity contribution in [2.45, 2.75) is 12.3 Å². The highest BCUT2D eigenvalue weighted by Gasteiger charge is 2.35. The van der Waals surface area contributed by atoms with Crippen molar-refractivity contribution in [1.82, 2.24) is 0 Å². The number of anilines is 1. The van der Waals surface area contributed by atoms with E-state index in [1.807, 2.05) is 43.4 Å². The fourth-order valence-corrected chi connectivity index (χ4v) is 3.43. The highest BCUT2D eigenvalue weighted by molar-refractivity contribution is 9.10. The Morgan fingerprint density at radius 3 is 2.61 bits per heavy atom. The number of amides is 1. The van der Waals surface area contributed by atoms with Crippen LogP contribution in [0.1, 0.15) is 17.0 Å². The Labute approximate surface area is 144 Å². The van der Waals surface area contributed by atoms with Gasteiger partial charge in [0, 0.05) is 17.2 Å². The van der Waals surface area contributed by atoms with E-state index in [0.717, 1.165) is 32.8 Å². The second-order valence-corrected chi connectivity index (χ2v) is 6.45. The minimum absolute atomic E-state index is 0.1000. The quantitative estimate of drug-likeness (QED) is 0.816. The van der Waals surface area contributed by atoms with Crippen LogP contribution in [0.3, 0.4) is 0 Å². The molecule has 2 aromatic rings. The summed E-state index contributed by atoms with van der Waals surface area (Å²) in [5.74, 6) is 1.41. The molecule has 0 N–H and O–H groups in total. The lowest BCUT2D eigenvalue weighted by Crippen LogP contribution is -2.25. The van der Waals surface area contributed by atoms with Gasteiger partial charge >= 0.3 is 0 Å². The average molecular weight is 376 g/mol. The Kier molecular flexibility index (Phi) is 4.31. The zero-order valence-electron chi connectivity index (χ0n) is 13.3. The van der Waals surface area contributed by atoms with E-state index in [0.29, 0.717) is 6.42 Å². The number of methoxy groups -OCH3 is 2. The molecule has 5 heteroatoms. The van der Waals surface area contributed by atoms with E-state index in [9.17, 15) is 4.79 Å². The number of ether oxygens (including phenoxy) is 2. The molecule has 0 radical (unpaired) electrons. The predicted octanol–water partition coefficient (Wildman–Crippen LogP) is 3.77. The summed E-state index contributed by atoms with van der Waals surface area (Å²) >= 11 is 3.49. The summed E-state index contributed by atoms with van der Waals surface area (Å²) < 4.78 is 11.7. The van der Waals surface area contributed by atoms with Gasteiger partial charge in [-0.05, 0) is 53.9 Å². The van der Waals surface area contributed by atoms with Gasteiger partial charge in [-0.25, -0.2) is 0 Å². The normalized spacial score (nSPS) is 16.4. The average Bonchev–Trinajstić information content (AvgIpc) is 2.79. The van der Waals surface area contributed by atoms with Gasteiger partial charge in [0.05, 0.1) is 20.1 Å². The molecule has 2 aromatic carbocycles. The molecule has 1 aliphatic heterocycles. The highest BCUT2D eigenvalue weighted by atomic mass is 79.9. The van der Waals surface area contributed by atoms with Gasteiger partial charge < -0.3 is 14.4 Å². The SMILES string of the molecule is COc1ccc(OC)c(C[C@H]2C(=O)N(C)c3ccc(Br)cc32)c1.